The average Bonchev–Trinajstić information content (AvgIpc) is 2.81. The van der Waals surface area contributed by atoms with Gasteiger partial charge in [-0.25, -0.2) is 0 Å². The number of hydrogen-bond donors (Lipinski definition) is 2. The molecule has 98 valence electrons. The molecule has 1 aliphatic carbocycles. The molecule has 1 aromatic carbocycles. The van der Waals surface area contributed by atoms with E-state index in [9.17, 15) is 4.79 Å². The Morgan fingerprint density at radius 3 is 2.72 bits per heavy atom. The fraction of sp³-hybridized carbons (Fsp3) is 0.500. The number of hydrogen-bond acceptors (Lipinski definition) is 3. The van der Waals surface area contributed by atoms with E-state index >= 15 is 0 Å². The molecule has 0 heterocycles. The van der Waals surface area contributed by atoms with Gasteiger partial charge < -0.3 is 15.6 Å². The molecular formula is C14H19NO3. The Balaban J connectivity index is 2.28. The van der Waals surface area contributed by atoms with Crippen molar-refractivity contribution in [2.45, 2.75) is 44.8 Å². The van der Waals surface area contributed by atoms with Gasteiger partial charge in [-0.1, -0.05) is 12.1 Å². The van der Waals surface area contributed by atoms with Gasteiger partial charge in [0.1, 0.15) is 11.8 Å². The summed E-state index contributed by atoms with van der Waals surface area (Å²) < 4.78 is 5.92. The normalized spacial score (nSPS) is 17.7. The van der Waals surface area contributed by atoms with E-state index in [1.807, 2.05) is 25.1 Å². The van der Waals surface area contributed by atoms with E-state index in [-0.39, 0.29) is 6.10 Å². The first kappa shape index (κ1) is 12.9. The van der Waals surface area contributed by atoms with Crippen LogP contribution in [0, 0.1) is 6.92 Å². The van der Waals surface area contributed by atoms with Gasteiger partial charge in [0, 0.05) is 5.56 Å². The van der Waals surface area contributed by atoms with Crippen LogP contribution in [-0.4, -0.2) is 17.2 Å². The predicted molar refractivity (Wildman–Crippen MR) is 68.6 cm³/mol. The van der Waals surface area contributed by atoms with Crippen molar-refractivity contribution in [1.82, 2.24) is 0 Å². The maximum absolute atomic E-state index is 11.1. The van der Waals surface area contributed by atoms with Crippen molar-refractivity contribution in [2.24, 2.45) is 5.73 Å². The number of ether oxygens (including phenoxy) is 1. The Morgan fingerprint density at radius 2 is 2.11 bits per heavy atom. The van der Waals surface area contributed by atoms with Crippen molar-refractivity contribution in [3.05, 3.63) is 29.3 Å². The van der Waals surface area contributed by atoms with Crippen molar-refractivity contribution < 1.29 is 14.6 Å². The molecule has 3 N–H and O–H groups in total. The second-order valence-electron chi connectivity index (χ2n) is 4.83. The Morgan fingerprint density at radius 1 is 1.44 bits per heavy atom. The lowest BCUT2D eigenvalue weighted by molar-refractivity contribution is -0.138. The zero-order valence-electron chi connectivity index (χ0n) is 10.6. The van der Waals surface area contributed by atoms with Crippen LogP contribution in [0.2, 0.25) is 0 Å². The molecule has 0 radical (unpaired) electrons. The van der Waals surface area contributed by atoms with E-state index in [2.05, 4.69) is 0 Å². The lowest BCUT2D eigenvalue weighted by Gasteiger charge is -2.20. The predicted octanol–water partition coefficient (Wildman–Crippen LogP) is 2.40. The number of benzene rings is 1. The highest BCUT2D eigenvalue weighted by molar-refractivity contribution is 5.77. The molecule has 2 rings (SSSR count). The average molecular weight is 249 g/mol. The molecule has 18 heavy (non-hydrogen) atoms. The molecule has 0 saturated heterocycles. The summed E-state index contributed by atoms with van der Waals surface area (Å²) in [5.74, 6) is -0.405. The second kappa shape index (κ2) is 5.40. The van der Waals surface area contributed by atoms with Crippen LogP contribution in [0.4, 0.5) is 0 Å². The van der Waals surface area contributed by atoms with E-state index in [0.717, 1.165) is 18.4 Å². The monoisotopic (exact) mass is 249 g/mol. The summed E-state index contributed by atoms with van der Waals surface area (Å²) >= 11 is 0. The van der Waals surface area contributed by atoms with Crippen molar-refractivity contribution in [1.29, 1.82) is 0 Å². The molecule has 0 bridgehead atoms. The molecule has 1 fully saturated rings. The van der Waals surface area contributed by atoms with Gasteiger partial charge in [0.05, 0.1) is 6.10 Å². The summed E-state index contributed by atoms with van der Waals surface area (Å²) in [7, 11) is 0. The van der Waals surface area contributed by atoms with Gasteiger partial charge in [0.2, 0.25) is 0 Å². The molecule has 1 unspecified atom stereocenters. The Kier molecular flexibility index (Phi) is 3.87. The van der Waals surface area contributed by atoms with Gasteiger partial charge in [-0.2, -0.15) is 0 Å². The van der Waals surface area contributed by atoms with Gasteiger partial charge in [0.25, 0.3) is 0 Å². The molecule has 0 aliphatic heterocycles. The highest BCUT2D eigenvalue weighted by Crippen LogP contribution is 2.31. The second-order valence-corrected chi connectivity index (χ2v) is 4.83. The van der Waals surface area contributed by atoms with Crippen LogP contribution < -0.4 is 10.5 Å². The molecule has 1 atom stereocenters. The summed E-state index contributed by atoms with van der Waals surface area (Å²) in [6.45, 7) is 1.86. The van der Waals surface area contributed by atoms with E-state index in [1.54, 1.807) is 0 Å². The van der Waals surface area contributed by atoms with Crippen molar-refractivity contribution in [3.8, 4) is 5.75 Å². The first-order valence-corrected chi connectivity index (χ1v) is 6.34. The van der Waals surface area contributed by atoms with Crippen LogP contribution in [-0.2, 0) is 4.79 Å². The number of carbonyl (C=O) groups is 1. The minimum Gasteiger partial charge on any atom is -0.490 e. The molecule has 1 saturated carbocycles. The zero-order valence-corrected chi connectivity index (χ0v) is 10.6. The number of aryl methyl sites for hydroxylation is 1. The summed E-state index contributed by atoms with van der Waals surface area (Å²) in [5.41, 5.74) is 7.19. The number of carboxylic acid groups (broad SMARTS) is 1. The highest BCUT2D eigenvalue weighted by Gasteiger charge is 2.24. The van der Waals surface area contributed by atoms with Crippen LogP contribution in [0.15, 0.2) is 18.2 Å². The summed E-state index contributed by atoms with van der Waals surface area (Å²) in [6, 6.07) is 4.52. The molecule has 4 nitrogen and oxygen atoms in total. The van der Waals surface area contributed by atoms with Crippen LogP contribution in [0.3, 0.4) is 0 Å². The maximum atomic E-state index is 11.1. The Labute approximate surface area is 107 Å². The van der Waals surface area contributed by atoms with Crippen LogP contribution in [0.1, 0.15) is 42.9 Å². The first-order valence-electron chi connectivity index (χ1n) is 6.34. The number of carboxylic acids is 1. The lowest BCUT2D eigenvalue weighted by Crippen LogP contribution is -2.23. The minimum atomic E-state index is -1.03. The topological polar surface area (TPSA) is 72.5 Å². The van der Waals surface area contributed by atoms with Gasteiger partial charge >= 0.3 is 5.97 Å². The van der Waals surface area contributed by atoms with Crippen LogP contribution in [0.25, 0.3) is 0 Å². The van der Waals surface area contributed by atoms with Gasteiger partial charge in [-0.05, 0) is 44.2 Å². The van der Waals surface area contributed by atoms with E-state index in [0.29, 0.717) is 11.3 Å². The third-order valence-corrected chi connectivity index (χ3v) is 3.46. The van der Waals surface area contributed by atoms with E-state index in [4.69, 9.17) is 15.6 Å². The summed E-state index contributed by atoms with van der Waals surface area (Å²) in [4.78, 5) is 11.1. The standard InChI is InChI=1S/C14H19NO3/c1-9-5-4-8-11(12(9)13(15)14(16)17)18-10-6-2-3-7-10/h4-5,8,10,13H,2-3,6-7,15H2,1H3,(H,16,17). The fourth-order valence-electron chi connectivity index (χ4n) is 2.46. The van der Waals surface area contributed by atoms with Gasteiger partial charge in [0.15, 0.2) is 0 Å². The SMILES string of the molecule is Cc1cccc(OC2CCCC2)c1C(N)C(=O)O. The summed E-state index contributed by atoms with van der Waals surface area (Å²) in [5, 5.41) is 9.06. The zero-order chi connectivity index (χ0) is 13.1. The van der Waals surface area contributed by atoms with E-state index < -0.39 is 12.0 Å². The smallest absolute Gasteiger partial charge is 0.325 e. The molecule has 1 aromatic rings. The van der Waals surface area contributed by atoms with Crippen LogP contribution >= 0.6 is 0 Å². The molecule has 1 aliphatic rings. The quantitative estimate of drug-likeness (QED) is 0.859. The third-order valence-electron chi connectivity index (χ3n) is 3.46. The van der Waals surface area contributed by atoms with E-state index in [1.165, 1.54) is 12.8 Å². The molecule has 0 aromatic heterocycles. The molecule has 4 heteroatoms. The Bertz CT molecular complexity index is 439. The van der Waals surface area contributed by atoms with Crippen molar-refractivity contribution in [2.75, 3.05) is 0 Å². The van der Waals surface area contributed by atoms with Gasteiger partial charge in [-0.3, -0.25) is 4.79 Å². The Hall–Kier alpha value is -1.55. The number of aliphatic carboxylic acids is 1. The van der Waals surface area contributed by atoms with Crippen molar-refractivity contribution >= 4 is 5.97 Å². The largest absolute Gasteiger partial charge is 0.490 e. The third kappa shape index (κ3) is 2.64. The first-order chi connectivity index (χ1) is 8.59. The fourth-order valence-corrected chi connectivity index (χ4v) is 2.46. The van der Waals surface area contributed by atoms with Gasteiger partial charge in [-0.15, -0.1) is 0 Å². The molecular weight excluding hydrogens is 230 g/mol. The van der Waals surface area contributed by atoms with Crippen molar-refractivity contribution in [3.63, 3.8) is 0 Å². The number of rotatable bonds is 4. The summed E-state index contributed by atoms with van der Waals surface area (Å²) in [6.07, 6.45) is 4.63. The minimum absolute atomic E-state index is 0.201. The molecule has 0 amide bonds. The number of nitrogens with two attached hydrogens (primary N) is 1. The molecule has 0 spiro atoms. The van der Waals surface area contributed by atoms with Crippen LogP contribution in [0.5, 0.6) is 5.75 Å². The lowest BCUT2D eigenvalue weighted by atomic mass is 10.0. The highest BCUT2D eigenvalue weighted by atomic mass is 16.5. The maximum Gasteiger partial charge on any atom is 0.325 e.